The molecule has 0 fully saturated rings. The van der Waals surface area contributed by atoms with E-state index in [2.05, 4.69) is 15.9 Å². The van der Waals surface area contributed by atoms with E-state index in [0.29, 0.717) is 21.5 Å². The van der Waals surface area contributed by atoms with Crippen molar-refractivity contribution >= 4 is 27.7 Å². The number of hydrogen-bond acceptors (Lipinski definition) is 4. The van der Waals surface area contributed by atoms with Gasteiger partial charge in [0.05, 0.1) is 18.7 Å². The maximum Gasteiger partial charge on any atom is 0.341 e. The van der Waals surface area contributed by atoms with Gasteiger partial charge in [-0.1, -0.05) is 0 Å². The van der Waals surface area contributed by atoms with Crippen molar-refractivity contribution in [3.05, 3.63) is 52.3 Å². The SMILES string of the molecule is COc1ccc(C(=O)C[n+]2cc(Br)cc(C(=O)O)c2)cc1OC. The van der Waals surface area contributed by atoms with Crippen molar-refractivity contribution < 1.29 is 28.7 Å². The number of hydrogen-bond donors (Lipinski definition) is 1. The number of aromatic nitrogens is 1. The summed E-state index contributed by atoms with van der Waals surface area (Å²) in [6.07, 6.45) is 3.05. The van der Waals surface area contributed by atoms with Crippen LogP contribution in [0.15, 0.2) is 41.1 Å². The predicted octanol–water partition coefficient (Wildman–Crippen LogP) is 2.33. The van der Waals surface area contributed by atoms with Gasteiger partial charge in [0.2, 0.25) is 12.3 Å². The fourth-order valence-corrected chi connectivity index (χ4v) is 2.58. The van der Waals surface area contributed by atoms with E-state index in [-0.39, 0.29) is 17.9 Å². The highest BCUT2D eigenvalue weighted by Crippen LogP contribution is 2.27. The number of pyridine rings is 1. The number of methoxy groups -OCH3 is 2. The van der Waals surface area contributed by atoms with Gasteiger partial charge >= 0.3 is 5.97 Å². The van der Waals surface area contributed by atoms with Crippen LogP contribution in [0.25, 0.3) is 0 Å². The van der Waals surface area contributed by atoms with Gasteiger partial charge in [-0.2, -0.15) is 4.57 Å². The molecule has 2 rings (SSSR count). The Morgan fingerprint density at radius 3 is 2.39 bits per heavy atom. The van der Waals surface area contributed by atoms with Crippen molar-refractivity contribution in [3.63, 3.8) is 0 Å². The van der Waals surface area contributed by atoms with Crippen molar-refractivity contribution in [2.24, 2.45) is 0 Å². The fraction of sp³-hybridized carbons (Fsp3) is 0.188. The van der Waals surface area contributed by atoms with E-state index in [1.807, 2.05) is 0 Å². The number of nitrogens with zero attached hydrogens (tertiary/aromatic N) is 1. The number of ketones is 1. The zero-order valence-corrected chi connectivity index (χ0v) is 14.2. The monoisotopic (exact) mass is 380 g/mol. The van der Waals surface area contributed by atoms with Crippen LogP contribution in [0.3, 0.4) is 0 Å². The molecule has 1 aromatic heterocycles. The highest BCUT2D eigenvalue weighted by molar-refractivity contribution is 9.10. The smallest absolute Gasteiger partial charge is 0.341 e. The van der Waals surface area contributed by atoms with Gasteiger partial charge in [-0.25, -0.2) is 4.79 Å². The summed E-state index contributed by atoms with van der Waals surface area (Å²) in [4.78, 5) is 23.5. The van der Waals surface area contributed by atoms with Crippen LogP contribution in [0.5, 0.6) is 11.5 Å². The summed E-state index contributed by atoms with van der Waals surface area (Å²) in [6, 6.07) is 6.36. The zero-order chi connectivity index (χ0) is 17.0. The van der Waals surface area contributed by atoms with Crippen molar-refractivity contribution in [1.82, 2.24) is 0 Å². The third kappa shape index (κ3) is 4.07. The van der Waals surface area contributed by atoms with Gasteiger partial charge in [0, 0.05) is 5.56 Å². The van der Waals surface area contributed by atoms with Crippen LogP contribution in [-0.4, -0.2) is 31.1 Å². The van der Waals surface area contributed by atoms with Crippen LogP contribution in [0.2, 0.25) is 0 Å². The number of halogens is 1. The average molecular weight is 381 g/mol. The number of carboxylic acids is 1. The molecule has 7 heteroatoms. The first-order chi connectivity index (χ1) is 10.9. The molecule has 2 aromatic rings. The van der Waals surface area contributed by atoms with Gasteiger partial charge < -0.3 is 14.6 Å². The molecule has 0 aliphatic carbocycles. The predicted molar refractivity (Wildman–Crippen MR) is 85.2 cm³/mol. The molecule has 0 bridgehead atoms. The van der Waals surface area contributed by atoms with E-state index in [9.17, 15) is 9.59 Å². The Morgan fingerprint density at radius 1 is 1.09 bits per heavy atom. The molecule has 0 unspecified atom stereocenters. The van der Waals surface area contributed by atoms with Crippen molar-refractivity contribution in [1.29, 1.82) is 0 Å². The summed E-state index contributed by atoms with van der Waals surface area (Å²) in [6.45, 7) is 0.00913. The van der Waals surface area contributed by atoms with E-state index in [1.165, 1.54) is 31.0 Å². The molecule has 0 saturated heterocycles. The quantitative estimate of drug-likeness (QED) is 0.614. The fourth-order valence-electron chi connectivity index (χ4n) is 2.07. The van der Waals surface area contributed by atoms with Gasteiger partial charge in [0.1, 0.15) is 5.56 Å². The third-order valence-corrected chi connectivity index (χ3v) is 3.60. The Kier molecular flexibility index (Phi) is 5.33. The molecule has 1 heterocycles. The number of Topliss-reactive ketones (excluding diaryl/α,β-unsaturated/α-hetero) is 1. The highest BCUT2D eigenvalue weighted by Gasteiger charge is 2.18. The maximum absolute atomic E-state index is 12.4. The molecular formula is C16H15BrNO5+. The minimum Gasteiger partial charge on any atom is -0.493 e. The molecule has 0 aliphatic heterocycles. The van der Waals surface area contributed by atoms with E-state index in [0.717, 1.165) is 0 Å². The Labute approximate surface area is 141 Å². The van der Waals surface area contributed by atoms with Gasteiger partial charge in [-0.3, -0.25) is 4.79 Å². The Bertz CT molecular complexity index is 760. The van der Waals surface area contributed by atoms with Gasteiger partial charge in [-0.05, 0) is 40.2 Å². The van der Waals surface area contributed by atoms with Crippen LogP contribution < -0.4 is 14.0 Å². The van der Waals surface area contributed by atoms with E-state index >= 15 is 0 Å². The molecule has 1 N–H and O–H groups in total. The molecule has 6 nitrogen and oxygen atoms in total. The summed E-state index contributed by atoms with van der Waals surface area (Å²) >= 11 is 3.24. The second kappa shape index (κ2) is 7.23. The first-order valence-corrected chi connectivity index (χ1v) is 7.42. The minimum atomic E-state index is -1.06. The molecule has 0 spiro atoms. The second-order valence-corrected chi connectivity index (χ2v) is 5.63. The number of rotatable bonds is 6. The second-order valence-electron chi connectivity index (χ2n) is 4.71. The van der Waals surface area contributed by atoms with E-state index in [1.54, 1.807) is 24.4 Å². The number of aromatic carboxylic acids is 1. The molecule has 0 aliphatic rings. The Hall–Kier alpha value is -2.41. The molecule has 0 atom stereocenters. The molecule has 0 amide bonds. The molecular weight excluding hydrogens is 366 g/mol. The minimum absolute atomic E-state index is 0.00913. The number of carbonyl (C=O) groups is 2. The largest absolute Gasteiger partial charge is 0.493 e. The lowest BCUT2D eigenvalue weighted by Crippen LogP contribution is -2.38. The highest BCUT2D eigenvalue weighted by atomic mass is 79.9. The van der Waals surface area contributed by atoms with Crippen LogP contribution in [-0.2, 0) is 6.54 Å². The zero-order valence-electron chi connectivity index (χ0n) is 12.6. The average Bonchev–Trinajstić information content (AvgIpc) is 2.53. The number of benzene rings is 1. The molecule has 0 radical (unpaired) electrons. The van der Waals surface area contributed by atoms with Gasteiger partial charge in [0.25, 0.3) is 0 Å². The maximum atomic E-state index is 12.4. The summed E-state index contributed by atoms with van der Waals surface area (Å²) in [5.41, 5.74) is 0.548. The van der Waals surface area contributed by atoms with Gasteiger partial charge in [0.15, 0.2) is 23.9 Å². The number of ether oxygens (including phenoxy) is 2. The Morgan fingerprint density at radius 2 is 1.78 bits per heavy atom. The van der Waals surface area contributed by atoms with Crippen molar-refractivity contribution in [3.8, 4) is 11.5 Å². The van der Waals surface area contributed by atoms with E-state index in [4.69, 9.17) is 14.6 Å². The topological polar surface area (TPSA) is 76.7 Å². The van der Waals surface area contributed by atoms with Crippen LogP contribution >= 0.6 is 15.9 Å². The van der Waals surface area contributed by atoms with Crippen molar-refractivity contribution in [2.45, 2.75) is 6.54 Å². The summed E-state index contributed by atoms with van der Waals surface area (Å²) in [5, 5.41) is 9.06. The molecule has 23 heavy (non-hydrogen) atoms. The van der Waals surface area contributed by atoms with Gasteiger partial charge in [-0.15, -0.1) is 0 Å². The number of carboxylic acid groups (broad SMARTS) is 1. The number of carbonyl (C=O) groups excluding carboxylic acids is 1. The van der Waals surface area contributed by atoms with Crippen LogP contribution in [0, 0.1) is 0 Å². The molecule has 1 aromatic carbocycles. The standard InChI is InChI=1S/C16H14BrNO5/c1-22-14-4-3-10(6-15(14)23-2)13(19)9-18-7-11(16(20)21)5-12(17)8-18/h3-8H,9H2,1-2H3/p+1. The van der Waals surface area contributed by atoms with E-state index < -0.39 is 5.97 Å². The normalized spacial score (nSPS) is 10.2. The first-order valence-electron chi connectivity index (χ1n) is 6.62. The lowest BCUT2D eigenvalue weighted by atomic mass is 10.1. The van der Waals surface area contributed by atoms with Crippen molar-refractivity contribution in [2.75, 3.05) is 14.2 Å². The summed E-state index contributed by atoms with van der Waals surface area (Å²) < 4.78 is 12.4. The Balaban J connectivity index is 2.27. The lowest BCUT2D eigenvalue weighted by molar-refractivity contribution is -0.683. The first kappa shape index (κ1) is 17.0. The summed E-state index contributed by atoms with van der Waals surface area (Å²) in [5.74, 6) is -0.236. The van der Waals surface area contributed by atoms with Crippen LogP contribution in [0.4, 0.5) is 0 Å². The van der Waals surface area contributed by atoms with Crippen LogP contribution in [0.1, 0.15) is 20.7 Å². The third-order valence-electron chi connectivity index (χ3n) is 3.17. The lowest BCUT2D eigenvalue weighted by Gasteiger charge is -2.08. The summed E-state index contributed by atoms with van der Waals surface area (Å²) in [7, 11) is 3.01. The molecule has 0 saturated carbocycles. The molecule has 120 valence electrons.